The summed E-state index contributed by atoms with van der Waals surface area (Å²) < 4.78 is 5.03. The molecular weight excluding hydrogens is 240 g/mol. The molecule has 0 saturated carbocycles. The maximum Gasteiger partial charge on any atom is 0.170 e. The first kappa shape index (κ1) is 13.4. The molecule has 16 heavy (non-hydrogen) atoms. The van der Waals surface area contributed by atoms with Gasteiger partial charge in [-0.25, -0.2) is 4.98 Å². The summed E-state index contributed by atoms with van der Waals surface area (Å²) >= 11 is 2.96. The Morgan fingerprint density at radius 1 is 1.62 bits per heavy atom. The van der Waals surface area contributed by atoms with E-state index >= 15 is 0 Å². The summed E-state index contributed by atoms with van der Waals surface area (Å²) in [7, 11) is 0. The largest absolute Gasteiger partial charge is 0.297 e. The second-order valence-corrected chi connectivity index (χ2v) is 6.11. The molecule has 1 aromatic rings. The highest BCUT2D eigenvalue weighted by atomic mass is 32.2. The number of nitriles is 1. The van der Waals surface area contributed by atoms with Crippen LogP contribution in [0.2, 0.25) is 0 Å². The molecule has 0 aromatic carbocycles. The summed E-state index contributed by atoms with van der Waals surface area (Å²) in [5.41, 5.74) is -0.515. The average Bonchev–Trinajstić information content (AvgIpc) is 2.60. The van der Waals surface area contributed by atoms with Gasteiger partial charge in [-0.3, -0.25) is 5.32 Å². The van der Waals surface area contributed by atoms with E-state index in [1.807, 2.05) is 27.7 Å². The lowest BCUT2D eigenvalue weighted by atomic mass is 10.1. The van der Waals surface area contributed by atoms with Crippen LogP contribution in [0.5, 0.6) is 0 Å². The zero-order valence-corrected chi connectivity index (χ0v) is 11.6. The van der Waals surface area contributed by atoms with Gasteiger partial charge >= 0.3 is 0 Å². The minimum absolute atomic E-state index is 0.293. The average molecular weight is 256 g/mol. The molecule has 0 aliphatic heterocycles. The van der Waals surface area contributed by atoms with Gasteiger partial charge < -0.3 is 0 Å². The van der Waals surface area contributed by atoms with Crippen LogP contribution in [-0.4, -0.2) is 26.7 Å². The summed E-state index contributed by atoms with van der Waals surface area (Å²) in [5.74, 6) is 1.47. The lowest BCUT2D eigenvalue weighted by molar-refractivity contribution is 0.443. The Kier molecular flexibility index (Phi) is 4.71. The van der Waals surface area contributed by atoms with Gasteiger partial charge in [-0.05, 0) is 39.2 Å². The number of nitrogens with one attached hydrogen (secondary N) is 1. The van der Waals surface area contributed by atoms with E-state index in [-0.39, 0.29) is 0 Å². The molecule has 0 fully saturated rings. The molecule has 1 unspecified atom stereocenters. The first-order valence-electron chi connectivity index (χ1n) is 5.07. The fourth-order valence-electron chi connectivity index (χ4n) is 1.29. The van der Waals surface area contributed by atoms with Gasteiger partial charge in [-0.2, -0.15) is 9.64 Å². The summed E-state index contributed by atoms with van der Waals surface area (Å²) in [4.78, 5) is 4.26. The molecule has 1 atom stereocenters. The molecule has 88 valence electrons. The van der Waals surface area contributed by atoms with Crippen molar-refractivity contribution in [3.63, 3.8) is 0 Å². The third-order valence-corrected chi connectivity index (χ3v) is 4.09. The monoisotopic (exact) mass is 256 g/mol. The predicted molar refractivity (Wildman–Crippen MR) is 67.7 cm³/mol. The normalized spacial score (nSPS) is 14.8. The highest BCUT2D eigenvalue weighted by Crippen LogP contribution is 2.24. The van der Waals surface area contributed by atoms with Crippen molar-refractivity contribution in [2.75, 3.05) is 5.75 Å². The highest BCUT2D eigenvalue weighted by Gasteiger charge is 2.25. The van der Waals surface area contributed by atoms with Gasteiger partial charge in [0.15, 0.2) is 4.34 Å². The number of nitrogens with zero attached hydrogens (tertiary/aromatic N) is 3. The summed E-state index contributed by atoms with van der Waals surface area (Å²) in [6.07, 6.45) is 0. The third kappa shape index (κ3) is 4.08. The van der Waals surface area contributed by atoms with Crippen molar-refractivity contribution >= 4 is 23.3 Å². The van der Waals surface area contributed by atoms with Gasteiger partial charge in [0.1, 0.15) is 11.4 Å². The Morgan fingerprint density at radius 2 is 2.31 bits per heavy atom. The Bertz CT molecular complexity index is 382. The molecular formula is C10H16N4S2. The minimum atomic E-state index is -0.515. The number of thioether (sulfide) groups is 1. The molecule has 1 heterocycles. The summed E-state index contributed by atoms with van der Waals surface area (Å²) in [6.45, 7) is 7.86. The van der Waals surface area contributed by atoms with Crippen molar-refractivity contribution in [1.29, 1.82) is 5.26 Å². The Morgan fingerprint density at radius 3 is 2.75 bits per heavy atom. The molecule has 1 N–H and O–H groups in total. The second-order valence-electron chi connectivity index (χ2n) is 4.14. The van der Waals surface area contributed by atoms with Crippen LogP contribution >= 0.6 is 23.3 Å². The number of rotatable bonds is 5. The molecule has 1 aromatic heterocycles. The maximum atomic E-state index is 9.16. The first-order chi connectivity index (χ1) is 7.45. The molecule has 0 spiro atoms. The van der Waals surface area contributed by atoms with Crippen LogP contribution in [0, 0.1) is 18.3 Å². The molecule has 6 heteroatoms. The van der Waals surface area contributed by atoms with Crippen molar-refractivity contribution < 1.29 is 0 Å². The molecule has 0 saturated heterocycles. The van der Waals surface area contributed by atoms with Crippen molar-refractivity contribution in [3.05, 3.63) is 5.82 Å². The number of aromatic nitrogens is 2. The number of aryl methyl sites for hydroxylation is 1. The predicted octanol–water partition coefficient (Wildman–Crippen LogP) is 2.22. The van der Waals surface area contributed by atoms with Crippen LogP contribution in [0.4, 0.5) is 0 Å². The third-order valence-electron chi connectivity index (χ3n) is 1.85. The fourth-order valence-corrected chi connectivity index (χ4v) is 2.97. The molecule has 0 bridgehead atoms. The summed E-state index contributed by atoms with van der Waals surface area (Å²) in [5, 5.41) is 12.4. The SMILES string of the molecule is Cc1nsc(SCC(C)(C#N)NC(C)C)n1. The molecule has 0 aliphatic carbocycles. The topological polar surface area (TPSA) is 61.6 Å². The van der Waals surface area contributed by atoms with Gasteiger partial charge in [-0.15, -0.1) is 0 Å². The van der Waals surface area contributed by atoms with E-state index in [0.29, 0.717) is 11.8 Å². The van der Waals surface area contributed by atoms with Crippen LogP contribution in [0.3, 0.4) is 0 Å². The molecule has 0 amide bonds. The molecule has 0 radical (unpaired) electrons. The van der Waals surface area contributed by atoms with E-state index in [1.165, 1.54) is 11.5 Å². The van der Waals surface area contributed by atoms with Gasteiger partial charge in [0.25, 0.3) is 0 Å². The van der Waals surface area contributed by atoms with Crippen LogP contribution in [0.15, 0.2) is 4.34 Å². The lowest BCUT2D eigenvalue weighted by Crippen LogP contribution is -2.47. The van der Waals surface area contributed by atoms with E-state index in [4.69, 9.17) is 5.26 Å². The van der Waals surface area contributed by atoms with Gasteiger partial charge in [0, 0.05) is 11.8 Å². The Hall–Kier alpha value is -0.640. The van der Waals surface area contributed by atoms with Gasteiger partial charge in [-0.1, -0.05) is 11.8 Å². The van der Waals surface area contributed by atoms with Crippen LogP contribution in [0.1, 0.15) is 26.6 Å². The van der Waals surface area contributed by atoms with E-state index in [1.54, 1.807) is 11.8 Å². The fraction of sp³-hybridized carbons (Fsp3) is 0.700. The Labute approximate surface area is 105 Å². The maximum absolute atomic E-state index is 9.16. The smallest absolute Gasteiger partial charge is 0.170 e. The summed E-state index contributed by atoms with van der Waals surface area (Å²) in [6, 6.07) is 2.60. The van der Waals surface area contributed by atoms with E-state index in [0.717, 1.165) is 10.2 Å². The second kappa shape index (κ2) is 5.62. The standard InChI is InChI=1S/C10H16N4S2/c1-7(2)13-10(4,5-11)6-15-9-12-8(3)14-16-9/h7,13H,6H2,1-4H3. The number of hydrogen-bond acceptors (Lipinski definition) is 6. The van der Waals surface area contributed by atoms with E-state index < -0.39 is 5.54 Å². The molecule has 4 nitrogen and oxygen atoms in total. The highest BCUT2D eigenvalue weighted by molar-refractivity contribution is 8.01. The quantitative estimate of drug-likeness (QED) is 0.818. The Balaban J connectivity index is 2.55. The van der Waals surface area contributed by atoms with Gasteiger partial charge in [0.2, 0.25) is 0 Å². The number of hydrogen-bond donors (Lipinski definition) is 1. The van der Waals surface area contributed by atoms with Crippen molar-refractivity contribution in [1.82, 2.24) is 14.7 Å². The minimum Gasteiger partial charge on any atom is -0.297 e. The zero-order valence-electron chi connectivity index (χ0n) is 9.94. The van der Waals surface area contributed by atoms with Crippen LogP contribution in [0.25, 0.3) is 0 Å². The van der Waals surface area contributed by atoms with Crippen molar-refractivity contribution in [3.8, 4) is 6.07 Å². The zero-order chi connectivity index (χ0) is 12.2. The lowest BCUT2D eigenvalue weighted by Gasteiger charge is -2.24. The molecule has 0 aliphatic rings. The molecule has 1 rings (SSSR count). The van der Waals surface area contributed by atoms with Crippen LogP contribution in [-0.2, 0) is 0 Å². The van der Waals surface area contributed by atoms with Crippen molar-refractivity contribution in [2.45, 2.75) is 43.6 Å². The van der Waals surface area contributed by atoms with Crippen LogP contribution < -0.4 is 5.32 Å². The van der Waals surface area contributed by atoms with E-state index in [9.17, 15) is 0 Å². The first-order valence-corrected chi connectivity index (χ1v) is 6.83. The van der Waals surface area contributed by atoms with Crippen molar-refractivity contribution in [2.24, 2.45) is 0 Å². The van der Waals surface area contributed by atoms with Gasteiger partial charge in [0.05, 0.1) is 6.07 Å². The van der Waals surface area contributed by atoms with E-state index in [2.05, 4.69) is 20.7 Å².